The summed E-state index contributed by atoms with van der Waals surface area (Å²) < 4.78 is 52.8. The van der Waals surface area contributed by atoms with Gasteiger partial charge in [0.2, 0.25) is 21.9 Å². The van der Waals surface area contributed by atoms with Crippen LogP contribution in [-0.2, 0) is 14.8 Å². The molecule has 0 saturated heterocycles. The quantitative estimate of drug-likeness (QED) is 0.796. The van der Waals surface area contributed by atoms with E-state index < -0.39 is 27.9 Å². The highest BCUT2D eigenvalue weighted by molar-refractivity contribution is 7.89. The fraction of sp³-hybridized carbons (Fsp3) is 0.533. The van der Waals surface area contributed by atoms with Gasteiger partial charge in [0.1, 0.15) is 0 Å². The van der Waals surface area contributed by atoms with Crippen molar-refractivity contribution < 1.29 is 22.0 Å². The predicted octanol–water partition coefficient (Wildman–Crippen LogP) is 2.56. The highest BCUT2D eigenvalue weighted by Gasteiger charge is 2.39. The SMILES string of the molecule is C[C@H](NS(=O)(=O)c1ccc(Cl)cc1)C(=O)NCC1CCC(F)(F)C1. The first-order valence-electron chi connectivity index (χ1n) is 7.52. The smallest absolute Gasteiger partial charge is 0.248 e. The summed E-state index contributed by atoms with van der Waals surface area (Å²) in [6, 6.07) is 4.50. The van der Waals surface area contributed by atoms with Crippen molar-refractivity contribution in [2.45, 2.75) is 43.0 Å². The Balaban J connectivity index is 1.88. The maximum absolute atomic E-state index is 13.1. The first-order valence-corrected chi connectivity index (χ1v) is 9.39. The Bertz CT molecular complexity index is 695. The molecule has 1 aliphatic carbocycles. The van der Waals surface area contributed by atoms with E-state index in [9.17, 15) is 22.0 Å². The molecule has 134 valence electrons. The summed E-state index contributed by atoms with van der Waals surface area (Å²) in [6.45, 7) is 1.51. The van der Waals surface area contributed by atoms with E-state index in [1.54, 1.807) is 0 Å². The number of rotatable bonds is 6. The summed E-state index contributed by atoms with van der Waals surface area (Å²) in [5.41, 5.74) is 0. The first-order chi connectivity index (χ1) is 11.1. The van der Waals surface area contributed by atoms with Crippen molar-refractivity contribution in [2.24, 2.45) is 5.92 Å². The monoisotopic (exact) mass is 380 g/mol. The van der Waals surface area contributed by atoms with Crippen LogP contribution in [0.4, 0.5) is 8.78 Å². The van der Waals surface area contributed by atoms with E-state index >= 15 is 0 Å². The molecule has 0 bridgehead atoms. The van der Waals surface area contributed by atoms with Crippen LogP contribution in [0.25, 0.3) is 0 Å². The van der Waals surface area contributed by atoms with Gasteiger partial charge < -0.3 is 5.32 Å². The normalized spacial score (nSPS) is 21.4. The van der Waals surface area contributed by atoms with Gasteiger partial charge in [-0.05, 0) is 43.5 Å². The van der Waals surface area contributed by atoms with E-state index in [0.29, 0.717) is 11.4 Å². The fourth-order valence-electron chi connectivity index (χ4n) is 2.58. The Kier molecular flexibility index (Phi) is 5.83. The van der Waals surface area contributed by atoms with Crippen LogP contribution in [-0.4, -0.2) is 32.8 Å². The third-order valence-electron chi connectivity index (χ3n) is 3.92. The molecular weight excluding hydrogens is 362 g/mol. The fourth-order valence-corrected chi connectivity index (χ4v) is 3.91. The molecule has 2 rings (SSSR count). The second-order valence-corrected chi connectivity index (χ2v) is 8.16. The lowest BCUT2D eigenvalue weighted by molar-refractivity contribution is -0.122. The van der Waals surface area contributed by atoms with Crippen molar-refractivity contribution in [3.8, 4) is 0 Å². The van der Waals surface area contributed by atoms with Gasteiger partial charge in [-0.15, -0.1) is 0 Å². The number of carbonyl (C=O) groups is 1. The van der Waals surface area contributed by atoms with E-state index in [-0.39, 0.29) is 30.2 Å². The average Bonchev–Trinajstić information content (AvgIpc) is 2.84. The van der Waals surface area contributed by atoms with Crippen LogP contribution in [0.2, 0.25) is 5.02 Å². The molecule has 2 N–H and O–H groups in total. The zero-order chi connectivity index (χ0) is 18.0. The van der Waals surface area contributed by atoms with Crippen LogP contribution in [0, 0.1) is 5.92 Å². The zero-order valence-electron chi connectivity index (χ0n) is 13.1. The summed E-state index contributed by atoms with van der Waals surface area (Å²) >= 11 is 5.71. The van der Waals surface area contributed by atoms with E-state index in [1.165, 1.54) is 31.2 Å². The molecule has 1 amide bonds. The van der Waals surface area contributed by atoms with E-state index in [1.807, 2.05) is 0 Å². The molecule has 0 spiro atoms. The molecule has 0 radical (unpaired) electrons. The molecule has 1 aliphatic rings. The Labute approximate surface area is 144 Å². The highest BCUT2D eigenvalue weighted by Crippen LogP contribution is 2.38. The topological polar surface area (TPSA) is 75.3 Å². The maximum atomic E-state index is 13.1. The van der Waals surface area contributed by atoms with Gasteiger partial charge in [0.15, 0.2) is 0 Å². The second kappa shape index (κ2) is 7.33. The summed E-state index contributed by atoms with van der Waals surface area (Å²) in [4.78, 5) is 12.0. The third-order valence-corrected chi connectivity index (χ3v) is 5.73. The minimum Gasteiger partial charge on any atom is -0.354 e. The molecule has 0 aromatic heterocycles. The van der Waals surface area contributed by atoms with Gasteiger partial charge in [-0.3, -0.25) is 4.79 Å². The molecule has 1 aromatic carbocycles. The van der Waals surface area contributed by atoms with Gasteiger partial charge >= 0.3 is 0 Å². The van der Waals surface area contributed by atoms with Crippen molar-refractivity contribution in [2.75, 3.05) is 6.54 Å². The second-order valence-electron chi connectivity index (χ2n) is 6.01. The number of hydrogen-bond donors (Lipinski definition) is 2. The summed E-state index contributed by atoms with van der Waals surface area (Å²) in [5, 5.41) is 2.92. The van der Waals surface area contributed by atoms with Crippen LogP contribution in [0.5, 0.6) is 0 Å². The van der Waals surface area contributed by atoms with Gasteiger partial charge in [-0.25, -0.2) is 17.2 Å². The Hall–Kier alpha value is -1.25. The molecule has 0 heterocycles. The van der Waals surface area contributed by atoms with E-state index in [0.717, 1.165) is 0 Å². The number of carbonyl (C=O) groups excluding carboxylic acids is 1. The lowest BCUT2D eigenvalue weighted by Crippen LogP contribution is -2.45. The maximum Gasteiger partial charge on any atom is 0.248 e. The molecule has 0 aliphatic heterocycles. The van der Waals surface area contributed by atoms with Crippen LogP contribution in [0.1, 0.15) is 26.2 Å². The van der Waals surface area contributed by atoms with Gasteiger partial charge in [0, 0.05) is 24.4 Å². The Morgan fingerprint density at radius 1 is 1.38 bits per heavy atom. The van der Waals surface area contributed by atoms with Gasteiger partial charge in [0.25, 0.3) is 0 Å². The minimum absolute atomic E-state index is 0.0121. The lowest BCUT2D eigenvalue weighted by Gasteiger charge is -2.16. The molecule has 1 fully saturated rings. The number of nitrogens with one attached hydrogen (secondary N) is 2. The number of benzene rings is 1. The first kappa shape index (κ1) is 19.1. The third kappa shape index (κ3) is 5.12. The van der Waals surface area contributed by atoms with Crippen molar-refractivity contribution in [3.63, 3.8) is 0 Å². The Morgan fingerprint density at radius 3 is 2.54 bits per heavy atom. The molecule has 9 heteroatoms. The number of sulfonamides is 1. The van der Waals surface area contributed by atoms with Crippen molar-refractivity contribution in [3.05, 3.63) is 29.3 Å². The molecule has 1 aromatic rings. The largest absolute Gasteiger partial charge is 0.354 e. The zero-order valence-corrected chi connectivity index (χ0v) is 14.6. The molecular formula is C15H19ClF2N2O3S. The number of halogens is 3. The summed E-state index contributed by atoms with van der Waals surface area (Å²) in [5.74, 6) is -3.51. The highest BCUT2D eigenvalue weighted by atomic mass is 35.5. The average molecular weight is 381 g/mol. The number of amides is 1. The van der Waals surface area contributed by atoms with E-state index in [2.05, 4.69) is 10.0 Å². The van der Waals surface area contributed by atoms with Crippen LogP contribution >= 0.6 is 11.6 Å². The van der Waals surface area contributed by atoms with Crippen molar-refractivity contribution in [1.82, 2.24) is 10.0 Å². The summed E-state index contributed by atoms with van der Waals surface area (Å²) in [6.07, 6.45) is -0.0807. The van der Waals surface area contributed by atoms with Crippen LogP contribution in [0.15, 0.2) is 29.2 Å². The number of alkyl halides is 2. The molecule has 5 nitrogen and oxygen atoms in total. The van der Waals surface area contributed by atoms with Gasteiger partial charge in [0.05, 0.1) is 10.9 Å². The summed E-state index contributed by atoms with van der Waals surface area (Å²) in [7, 11) is -3.87. The van der Waals surface area contributed by atoms with Gasteiger partial charge in [-0.2, -0.15) is 4.72 Å². The lowest BCUT2D eigenvalue weighted by atomic mass is 10.1. The number of hydrogen-bond acceptors (Lipinski definition) is 3. The standard InChI is InChI=1S/C15H19ClF2N2O3S/c1-10(14(21)19-9-11-6-7-15(17,18)8-11)20-24(22,23)13-4-2-12(16)3-5-13/h2-5,10-11,20H,6-9H2,1H3,(H,19,21)/t10-,11?/m0/s1. The minimum atomic E-state index is -3.87. The predicted molar refractivity (Wildman–Crippen MR) is 86.5 cm³/mol. The van der Waals surface area contributed by atoms with E-state index in [4.69, 9.17) is 11.6 Å². The van der Waals surface area contributed by atoms with Gasteiger partial charge in [-0.1, -0.05) is 11.6 Å². The van der Waals surface area contributed by atoms with Crippen LogP contribution in [0.3, 0.4) is 0 Å². The molecule has 1 saturated carbocycles. The van der Waals surface area contributed by atoms with Crippen LogP contribution < -0.4 is 10.0 Å². The molecule has 2 atom stereocenters. The molecule has 24 heavy (non-hydrogen) atoms. The molecule has 1 unspecified atom stereocenters. The Morgan fingerprint density at radius 2 is 2.00 bits per heavy atom. The van der Waals surface area contributed by atoms with Crippen molar-refractivity contribution >= 4 is 27.5 Å². The van der Waals surface area contributed by atoms with Crippen molar-refractivity contribution in [1.29, 1.82) is 0 Å².